The molecule has 0 N–H and O–H groups in total. The first-order chi connectivity index (χ1) is 36.7. The number of para-hydroxylation sites is 7. The predicted molar refractivity (Wildman–Crippen MR) is 310 cm³/mol. The van der Waals surface area contributed by atoms with Crippen molar-refractivity contribution in [3.63, 3.8) is 0 Å². The summed E-state index contributed by atoms with van der Waals surface area (Å²) in [5, 5.41) is 10.9. The van der Waals surface area contributed by atoms with Crippen LogP contribution >= 0.6 is 0 Å². The molecule has 0 spiro atoms. The van der Waals surface area contributed by atoms with Crippen molar-refractivity contribution < 1.29 is 0 Å². The second-order valence-electron chi connectivity index (χ2n) is 19.5. The largest absolute Gasteiger partial charge is 0.309 e. The van der Waals surface area contributed by atoms with Gasteiger partial charge in [-0.3, -0.25) is 4.57 Å². The van der Waals surface area contributed by atoms with Crippen LogP contribution in [0.4, 0.5) is 0 Å². The van der Waals surface area contributed by atoms with Gasteiger partial charge in [-0.25, -0.2) is 4.98 Å². The van der Waals surface area contributed by atoms with Gasteiger partial charge in [0.1, 0.15) is 5.82 Å². The molecule has 0 radical (unpaired) electrons. The zero-order valence-electron chi connectivity index (χ0n) is 40.1. The fourth-order valence-electron chi connectivity index (χ4n) is 12.3. The normalized spacial score (nSPS) is 12.1. The summed E-state index contributed by atoms with van der Waals surface area (Å²) in [6, 6.07) is 95.1. The number of fused-ring (bicyclic) bond motifs is 13. The number of nitrogens with zero attached hydrogens (tertiary/aromatic N) is 5. The number of pyridine rings is 1. The first kappa shape index (κ1) is 40.7. The fourth-order valence-corrected chi connectivity index (χ4v) is 12.3. The van der Waals surface area contributed by atoms with E-state index >= 15 is 0 Å². The highest BCUT2D eigenvalue weighted by molar-refractivity contribution is 6.15. The first-order valence-electron chi connectivity index (χ1n) is 25.4. The molecule has 0 aliphatic heterocycles. The zero-order chi connectivity index (χ0) is 48.4. The number of hydrogen-bond acceptors (Lipinski definition) is 1. The molecule has 0 bridgehead atoms. The Morgan fingerprint density at radius 2 is 0.527 bits per heavy atom. The summed E-state index contributed by atoms with van der Waals surface area (Å²) in [6.07, 6.45) is 0. The Labute approximate surface area is 425 Å². The maximum absolute atomic E-state index is 5.49. The van der Waals surface area contributed by atoms with Gasteiger partial charge in [0.15, 0.2) is 0 Å². The molecule has 0 aliphatic rings. The predicted octanol–water partition coefficient (Wildman–Crippen LogP) is 18.0. The highest BCUT2D eigenvalue weighted by atomic mass is 15.1. The standard InChI is InChI=1S/C69H43N5/c1-3-17-48(18-4-1)71-60-27-13-8-21-50(60)55-39-44(31-35-64(55)71)46-33-37-66-57(41-46)52-23-10-15-29-62(52)73(66)68-43-69(70-59-26-12-7-25-54(59)68)74-63-30-16-11-24-53(63)58-42-47(34-38-67(58)74)45-32-36-65-56(40-45)51-22-9-14-28-61(51)72(65)49-19-5-2-6-20-49/h1-43H. The van der Waals surface area contributed by atoms with Crippen molar-refractivity contribution in [3.05, 3.63) is 261 Å². The van der Waals surface area contributed by atoms with Gasteiger partial charge >= 0.3 is 0 Å². The van der Waals surface area contributed by atoms with Crippen LogP contribution in [0.2, 0.25) is 0 Å². The molecule has 5 heteroatoms. The molecule has 11 aromatic carbocycles. The smallest absolute Gasteiger partial charge is 0.140 e. The van der Waals surface area contributed by atoms with Crippen LogP contribution in [0.15, 0.2) is 261 Å². The van der Waals surface area contributed by atoms with Crippen molar-refractivity contribution in [2.24, 2.45) is 0 Å². The van der Waals surface area contributed by atoms with Crippen LogP contribution < -0.4 is 0 Å². The number of hydrogen-bond donors (Lipinski definition) is 0. The van der Waals surface area contributed by atoms with Crippen molar-refractivity contribution in [1.29, 1.82) is 0 Å². The van der Waals surface area contributed by atoms with E-state index < -0.39 is 0 Å². The highest BCUT2D eigenvalue weighted by Crippen LogP contribution is 2.42. The van der Waals surface area contributed by atoms with Crippen molar-refractivity contribution in [2.45, 2.75) is 0 Å². The molecule has 0 aliphatic carbocycles. The van der Waals surface area contributed by atoms with Crippen molar-refractivity contribution in [2.75, 3.05) is 0 Å². The topological polar surface area (TPSA) is 32.6 Å². The van der Waals surface area contributed by atoms with Gasteiger partial charge in [0.25, 0.3) is 0 Å². The maximum atomic E-state index is 5.49. The molecule has 16 rings (SSSR count). The van der Waals surface area contributed by atoms with E-state index in [1.54, 1.807) is 0 Å². The summed E-state index contributed by atoms with van der Waals surface area (Å²) in [7, 11) is 0. The summed E-state index contributed by atoms with van der Waals surface area (Å²) in [6.45, 7) is 0. The minimum atomic E-state index is 0.873. The lowest BCUT2D eigenvalue weighted by Crippen LogP contribution is -2.03. The third-order valence-corrected chi connectivity index (χ3v) is 15.5. The van der Waals surface area contributed by atoms with Crippen LogP contribution in [-0.4, -0.2) is 23.3 Å². The third kappa shape index (κ3) is 5.95. The molecular formula is C69H43N5. The van der Waals surface area contributed by atoms with Crippen molar-refractivity contribution in [3.8, 4) is 45.1 Å². The van der Waals surface area contributed by atoms with Gasteiger partial charge in [-0.1, -0.05) is 152 Å². The van der Waals surface area contributed by atoms with Gasteiger partial charge in [0, 0.05) is 65.9 Å². The van der Waals surface area contributed by atoms with E-state index in [0.717, 1.165) is 55.8 Å². The minimum Gasteiger partial charge on any atom is -0.309 e. The van der Waals surface area contributed by atoms with Gasteiger partial charge in [-0.05, 0) is 125 Å². The van der Waals surface area contributed by atoms with Crippen molar-refractivity contribution in [1.82, 2.24) is 23.3 Å². The van der Waals surface area contributed by atoms with E-state index in [-0.39, 0.29) is 0 Å². The van der Waals surface area contributed by atoms with E-state index in [9.17, 15) is 0 Å². The second-order valence-corrected chi connectivity index (χ2v) is 19.5. The van der Waals surface area contributed by atoms with Crippen molar-refractivity contribution >= 4 is 98.1 Å². The molecular weight excluding hydrogens is 899 g/mol. The first-order valence-corrected chi connectivity index (χ1v) is 25.4. The maximum Gasteiger partial charge on any atom is 0.140 e. The lowest BCUT2D eigenvalue weighted by molar-refractivity contribution is 1.08. The van der Waals surface area contributed by atoms with Crippen LogP contribution in [0.1, 0.15) is 0 Å². The van der Waals surface area contributed by atoms with Crippen LogP contribution in [-0.2, 0) is 0 Å². The van der Waals surface area contributed by atoms with Crippen LogP contribution in [0.5, 0.6) is 0 Å². The van der Waals surface area contributed by atoms with Gasteiger partial charge in [0.2, 0.25) is 0 Å². The van der Waals surface area contributed by atoms with Gasteiger partial charge < -0.3 is 13.7 Å². The van der Waals surface area contributed by atoms with E-state index in [0.29, 0.717) is 0 Å². The lowest BCUT2D eigenvalue weighted by Gasteiger charge is -2.15. The Balaban J connectivity index is 0.855. The Bertz CT molecular complexity index is 4950. The van der Waals surface area contributed by atoms with E-state index in [4.69, 9.17) is 4.98 Å². The average Bonchev–Trinajstić information content (AvgIpc) is 4.21. The van der Waals surface area contributed by atoms with Crippen LogP contribution in [0, 0.1) is 0 Å². The molecule has 0 unspecified atom stereocenters. The summed E-state index contributed by atoms with van der Waals surface area (Å²) >= 11 is 0. The summed E-state index contributed by atoms with van der Waals surface area (Å²) in [5.41, 5.74) is 18.4. The zero-order valence-corrected chi connectivity index (χ0v) is 40.1. The molecule has 0 saturated heterocycles. The molecule has 5 heterocycles. The Hall–Kier alpha value is -9.97. The van der Waals surface area contributed by atoms with Gasteiger partial charge in [-0.2, -0.15) is 0 Å². The summed E-state index contributed by atoms with van der Waals surface area (Å²) < 4.78 is 9.57. The molecule has 74 heavy (non-hydrogen) atoms. The monoisotopic (exact) mass is 941 g/mol. The quantitative estimate of drug-likeness (QED) is 0.163. The summed E-state index contributed by atoms with van der Waals surface area (Å²) in [5.74, 6) is 0.873. The summed E-state index contributed by atoms with van der Waals surface area (Å²) in [4.78, 5) is 5.49. The molecule has 0 atom stereocenters. The molecule has 0 saturated carbocycles. The molecule has 5 aromatic heterocycles. The van der Waals surface area contributed by atoms with Gasteiger partial charge in [0.05, 0.1) is 55.3 Å². The minimum absolute atomic E-state index is 0.873. The third-order valence-electron chi connectivity index (χ3n) is 15.5. The highest BCUT2D eigenvalue weighted by Gasteiger charge is 2.21. The molecule has 0 amide bonds. The molecule has 344 valence electrons. The van der Waals surface area contributed by atoms with E-state index in [1.165, 1.54) is 87.4 Å². The average molecular weight is 942 g/mol. The van der Waals surface area contributed by atoms with E-state index in [1.807, 2.05) is 0 Å². The SMILES string of the molecule is c1ccc(-n2c3ccccc3c3cc(-c4ccc5c(c4)c4ccccc4n5-c4cc(-n5c6ccccc6c6cc(-c7ccc8c(c7)c7ccccc7n8-c7ccccc7)ccc65)c5ccccc5n4)ccc32)cc1. The number of aromatic nitrogens is 5. The molecule has 0 fully saturated rings. The Morgan fingerprint density at radius 1 is 0.216 bits per heavy atom. The van der Waals surface area contributed by atoms with Crippen LogP contribution in [0.3, 0.4) is 0 Å². The molecule has 16 aromatic rings. The number of benzene rings is 11. The van der Waals surface area contributed by atoms with E-state index in [2.05, 4.69) is 279 Å². The Morgan fingerprint density at radius 3 is 0.959 bits per heavy atom. The Kier molecular flexibility index (Phi) is 8.68. The van der Waals surface area contributed by atoms with Crippen LogP contribution in [0.25, 0.3) is 143 Å². The van der Waals surface area contributed by atoms with Gasteiger partial charge in [-0.15, -0.1) is 0 Å². The fraction of sp³-hybridized carbons (Fsp3) is 0. The number of rotatable bonds is 6. The second kappa shape index (κ2) is 15.8. The lowest BCUT2D eigenvalue weighted by atomic mass is 10.0. The molecule has 5 nitrogen and oxygen atoms in total.